The Labute approximate surface area is 159 Å². The molecule has 0 bridgehead atoms. The van der Waals surface area contributed by atoms with Gasteiger partial charge in [0, 0.05) is 5.56 Å². The molecular formula is C19H27N5OS. The summed E-state index contributed by atoms with van der Waals surface area (Å²) in [5, 5.41) is 8.68. The van der Waals surface area contributed by atoms with E-state index < -0.39 is 0 Å². The van der Waals surface area contributed by atoms with E-state index >= 15 is 0 Å². The number of rotatable bonds is 8. The SMILES string of the molecule is CCC(CC)COc1ccc(-c2nc(C)c(/C(C)=N/N=C(N)N)s2)cc1. The fourth-order valence-electron chi connectivity index (χ4n) is 2.47. The topological polar surface area (TPSA) is 98.9 Å². The molecule has 0 spiro atoms. The van der Waals surface area contributed by atoms with Crippen LogP contribution in [-0.4, -0.2) is 23.3 Å². The average molecular weight is 374 g/mol. The van der Waals surface area contributed by atoms with E-state index in [1.165, 1.54) is 0 Å². The second-order valence-electron chi connectivity index (χ2n) is 6.16. The van der Waals surface area contributed by atoms with Crippen molar-refractivity contribution in [1.82, 2.24) is 4.98 Å². The van der Waals surface area contributed by atoms with Gasteiger partial charge in [-0.2, -0.15) is 5.10 Å². The Balaban J connectivity index is 2.13. The van der Waals surface area contributed by atoms with Gasteiger partial charge in [-0.25, -0.2) is 4.98 Å². The van der Waals surface area contributed by atoms with Crippen LogP contribution in [0.3, 0.4) is 0 Å². The molecule has 0 amide bonds. The second kappa shape index (κ2) is 9.33. The quantitative estimate of drug-likeness (QED) is 0.416. The van der Waals surface area contributed by atoms with Gasteiger partial charge in [0.15, 0.2) is 0 Å². The number of ether oxygens (including phenoxy) is 1. The van der Waals surface area contributed by atoms with Crippen LogP contribution in [0.4, 0.5) is 0 Å². The van der Waals surface area contributed by atoms with Crippen LogP contribution >= 0.6 is 11.3 Å². The van der Waals surface area contributed by atoms with Gasteiger partial charge >= 0.3 is 0 Å². The van der Waals surface area contributed by atoms with E-state index in [9.17, 15) is 0 Å². The van der Waals surface area contributed by atoms with Crippen molar-refractivity contribution >= 4 is 23.0 Å². The van der Waals surface area contributed by atoms with Crippen molar-refractivity contribution in [3.8, 4) is 16.3 Å². The van der Waals surface area contributed by atoms with Gasteiger partial charge in [-0.3, -0.25) is 0 Å². The van der Waals surface area contributed by atoms with E-state index in [-0.39, 0.29) is 5.96 Å². The standard InChI is InChI=1S/C19H27N5OS/c1-5-14(6-2)11-25-16-9-7-15(8-10-16)18-22-12(3)17(26-18)13(4)23-24-19(20)21/h7-10,14H,5-6,11H2,1-4H3,(H4,20,21,24)/b23-13+. The minimum atomic E-state index is -0.0595. The highest BCUT2D eigenvalue weighted by Crippen LogP contribution is 2.30. The molecule has 4 N–H and O–H groups in total. The van der Waals surface area contributed by atoms with E-state index in [0.717, 1.165) is 52.1 Å². The van der Waals surface area contributed by atoms with Crippen LogP contribution in [0.15, 0.2) is 34.5 Å². The van der Waals surface area contributed by atoms with Crippen molar-refractivity contribution in [2.75, 3.05) is 6.61 Å². The molecular weight excluding hydrogens is 346 g/mol. The maximum Gasteiger partial charge on any atom is 0.211 e. The highest BCUT2D eigenvalue weighted by Gasteiger charge is 2.12. The zero-order valence-corrected chi connectivity index (χ0v) is 16.6. The summed E-state index contributed by atoms with van der Waals surface area (Å²) < 4.78 is 5.89. The summed E-state index contributed by atoms with van der Waals surface area (Å²) in [7, 11) is 0. The number of hydrogen-bond acceptors (Lipinski definition) is 5. The number of hydrogen-bond donors (Lipinski definition) is 2. The predicted molar refractivity (Wildman–Crippen MR) is 110 cm³/mol. The zero-order valence-electron chi connectivity index (χ0n) is 15.8. The van der Waals surface area contributed by atoms with E-state index in [0.29, 0.717) is 5.92 Å². The Hall–Kier alpha value is -2.41. The first-order chi connectivity index (χ1) is 12.4. The third kappa shape index (κ3) is 5.29. The van der Waals surface area contributed by atoms with Crippen molar-refractivity contribution in [3.63, 3.8) is 0 Å². The van der Waals surface area contributed by atoms with Crippen LogP contribution in [0.2, 0.25) is 0 Å². The number of guanidine groups is 1. The first-order valence-corrected chi connectivity index (χ1v) is 9.60. The maximum absolute atomic E-state index is 5.89. The Morgan fingerprint density at radius 3 is 2.38 bits per heavy atom. The number of benzene rings is 1. The summed E-state index contributed by atoms with van der Waals surface area (Å²) in [6.07, 6.45) is 2.27. The lowest BCUT2D eigenvalue weighted by atomic mass is 10.1. The van der Waals surface area contributed by atoms with Gasteiger partial charge in [0.2, 0.25) is 5.96 Å². The normalized spacial score (nSPS) is 11.7. The molecule has 0 fully saturated rings. The van der Waals surface area contributed by atoms with Gasteiger partial charge < -0.3 is 16.2 Å². The van der Waals surface area contributed by atoms with Gasteiger partial charge in [0.1, 0.15) is 10.8 Å². The highest BCUT2D eigenvalue weighted by molar-refractivity contribution is 7.17. The van der Waals surface area contributed by atoms with Crippen LogP contribution in [-0.2, 0) is 0 Å². The van der Waals surface area contributed by atoms with Crippen LogP contribution < -0.4 is 16.2 Å². The number of aromatic nitrogens is 1. The van der Waals surface area contributed by atoms with Crippen molar-refractivity contribution in [2.45, 2.75) is 40.5 Å². The predicted octanol–water partition coefficient (Wildman–Crippen LogP) is 3.93. The van der Waals surface area contributed by atoms with E-state index in [2.05, 4.69) is 29.0 Å². The van der Waals surface area contributed by atoms with Gasteiger partial charge in [-0.1, -0.05) is 26.7 Å². The Morgan fingerprint density at radius 2 is 1.81 bits per heavy atom. The molecule has 6 nitrogen and oxygen atoms in total. The monoisotopic (exact) mass is 373 g/mol. The average Bonchev–Trinajstić information content (AvgIpc) is 3.03. The number of aryl methyl sites for hydroxylation is 1. The third-order valence-electron chi connectivity index (χ3n) is 4.18. The lowest BCUT2D eigenvalue weighted by Gasteiger charge is -2.13. The second-order valence-corrected chi connectivity index (χ2v) is 7.16. The molecule has 2 aromatic rings. The number of nitrogens with zero attached hydrogens (tertiary/aromatic N) is 3. The largest absolute Gasteiger partial charge is 0.493 e. The zero-order chi connectivity index (χ0) is 19.1. The summed E-state index contributed by atoms with van der Waals surface area (Å²) >= 11 is 1.57. The van der Waals surface area contributed by atoms with Gasteiger partial charge in [0.25, 0.3) is 0 Å². The minimum absolute atomic E-state index is 0.0595. The summed E-state index contributed by atoms with van der Waals surface area (Å²) in [4.78, 5) is 5.62. The summed E-state index contributed by atoms with van der Waals surface area (Å²) in [6.45, 7) is 8.97. The van der Waals surface area contributed by atoms with Gasteiger partial charge in [0.05, 0.1) is 22.9 Å². The van der Waals surface area contributed by atoms with E-state index in [4.69, 9.17) is 16.2 Å². The summed E-state index contributed by atoms with van der Waals surface area (Å²) in [6, 6.07) is 8.06. The maximum atomic E-state index is 5.89. The molecule has 0 atom stereocenters. The van der Waals surface area contributed by atoms with Crippen molar-refractivity contribution < 1.29 is 4.74 Å². The first-order valence-electron chi connectivity index (χ1n) is 8.78. The summed E-state index contributed by atoms with van der Waals surface area (Å²) in [5.74, 6) is 1.43. The van der Waals surface area contributed by atoms with Crippen molar-refractivity contribution in [3.05, 3.63) is 34.8 Å². The number of thiazole rings is 1. The molecule has 0 aliphatic heterocycles. The Bertz CT molecular complexity index is 772. The van der Waals surface area contributed by atoms with Crippen molar-refractivity contribution in [2.24, 2.45) is 27.6 Å². The molecule has 140 valence electrons. The molecule has 26 heavy (non-hydrogen) atoms. The molecule has 2 rings (SSSR count). The Morgan fingerprint density at radius 1 is 1.15 bits per heavy atom. The number of nitrogens with two attached hydrogens (primary N) is 2. The molecule has 1 aromatic heterocycles. The molecule has 0 unspecified atom stereocenters. The molecule has 7 heteroatoms. The minimum Gasteiger partial charge on any atom is -0.493 e. The van der Waals surface area contributed by atoms with Gasteiger partial charge in [-0.15, -0.1) is 16.4 Å². The third-order valence-corrected chi connectivity index (χ3v) is 5.50. The van der Waals surface area contributed by atoms with Crippen molar-refractivity contribution in [1.29, 1.82) is 0 Å². The smallest absolute Gasteiger partial charge is 0.211 e. The lowest BCUT2D eigenvalue weighted by Crippen LogP contribution is -2.22. The molecule has 1 heterocycles. The molecule has 0 saturated carbocycles. The molecule has 0 aliphatic carbocycles. The van der Waals surface area contributed by atoms with E-state index in [1.54, 1.807) is 11.3 Å². The fourth-order valence-corrected chi connectivity index (χ4v) is 3.48. The highest BCUT2D eigenvalue weighted by atomic mass is 32.1. The molecule has 0 aliphatic rings. The molecule has 1 aromatic carbocycles. The molecule has 0 saturated heterocycles. The Kier molecular flexibility index (Phi) is 7.15. The van der Waals surface area contributed by atoms with Crippen LogP contribution in [0.25, 0.3) is 10.6 Å². The molecule has 0 radical (unpaired) electrons. The van der Waals surface area contributed by atoms with Crippen LogP contribution in [0, 0.1) is 12.8 Å². The summed E-state index contributed by atoms with van der Waals surface area (Å²) in [5.41, 5.74) is 13.3. The first kappa shape index (κ1) is 19.9. The van der Waals surface area contributed by atoms with E-state index in [1.807, 2.05) is 38.1 Å². The van der Waals surface area contributed by atoms with Crippen LogP contribution in [0.5, 0.6) is 5.75 Å². The van der Waals surface area contributed by atoms with Crippen LogP contribution in [0.1, 0.15) is 44.2 Å². The lowest BCUT2D eigenvalue weighted by molar-refractivity contribution is 0.240. The fraction of sp³-hybridized carbons (Fsp3) is 0.421. The van der Waals surface area contributed by atoms with Gasteiger partial charge in [-0.05, 0) is 44.0 Å².